The van der Waals surface area contributed by atoms with Crippen LogP contribution < -0.4 is 0 Å². The molecule has 1 aromatic rings. The molecule has 0 fully saturated rings. The average Bonchev–Trinajstić information content (AvgIpc) is 3.00. The molecule has 0 saturated heterocycles. The molecular weight excluding hydrogens is 314 g/mol. The van der Waals surface area contributed by atoms with Gasteiger partial charge < -0.3 is 14.2 Å². The van der Waals surface area contributed by atoms with Crippen LogP contribution in [0.1, 0.15) is 45.5 Å². The zero-order valence-electron chi connectivity index (χ0n) is 14.2. The molecule has 3 atom stereocenters. The van der Waals surface area contributed by atoms with Crippen molar-refractivity contribution in [3.05, 3.63) is 24.0 Å². The van der Waals surface area contributed by atoms with Crippen molar-refractivity contribution in [1.29, 1.82) is 0 Å². The number of carbonyl (C=O) groups is 2. The van der Waals surface area contributed by atoms with Crippen LogP contribution >= 0.6 is 0 Å². The van der Waals surface area contributed by atoms with Gasteiger partial charge in [-0.1, -0.05) is 18.6 Å². The Hall–Kier alpha value is -2.22. The normalized spacial score (nSPS) is 23.0. The zero-order valence-corrected chi connectivity index (χ0v) is 14.2. The average molecular weight is 337 g/mol. The van der Waals surface area contributed by atoms with Crippen molar-refractivity contribution in [2.45, 2.75) is 58.5 Å². The molecule has 0 spiro atoms. The number of carbonyl (C=O) groups excluding carboxylic acids is 2. The third-order valence-electron chi connectivity index (χ3n) is 3.50. The molecule has 0 unspecified atom stereocenters. The first-order chi connectivity index (χ1) is 11.5. The largest absolute Gasteiger partial charge is 0.463 e. The van der Waals surface area contributed by atoms with E-state index in [0.29, 0.717) is 0 Å². The van der Waals surface area contributed by atoms with Gasteiger partial charge >= 0.3 is 11.9 Å². The van der Waals surface area contributed by atoms with Crippen molar-refractivity contribution in [2.75, 3.05) is 6.61 Å². The van der Waals surface area contributed by atoms with E-state index in [1.165, 1.54) is 13.8 Å². The van der Waals surface area contributed by atoms with Gasteiger partial charge in [0.1, 0.15) is 18.8 Å². The van der Waals surface area contributed by atoms with E-state index < -0.39 is 30.4 Å². The third-order valence-corrected chi connectivity index (χ3v) is 3.50. The van der Waals surface area contributed by atoms with E-state index in [1.807, 2.05) is 6.20 Å². The van der Waals surface area contributed by atoms with Gasteiger partial charge in [0.05, 0.1) is 11.9 Å². The first-order valence-corrected chi connectivity index (χ1v) is 8.04. The molecule has 1 aliphatic rings. The van der Waals surface area contributed by atoms with E-state index in [4.69, 9.17) is 14.2 Å². The topological polar surface area (TPSA) is 92.5 Å². The molecule has 8 heteroatoms. The molecule has 0 bridgehead atoms. The molecule has 0 aromatic carbocycles. The van der Waals surface area contributed by atoms with Crippen LogP contribution in [0.4, 0.5) is 0 Å². The minimum Gasteiger partial charge on any atom is -0.463 e. The van der Waals surface area contributed by atoms with Crippen molar-refractivity contribution in [2.24, 2.45) is 0 Å². The minimum atomic E-state index is -0.610. The van der Waals surface area contributed by atoms with Gasteiger partial charge in [-0.15, -0.1) is 5.10 Å². The number of esters is 2. The minimum absolute atomic E-state index is 0.00842. The van der Waals surface area contributed by atoms with Gasteiger partial charge in [-0.25, -0.2) is 4.68 Å². The summed E-state index contributed by atoms with van der Waals surface area (Å²) in [6.45, 7) is 4.74. The van der Waals surface area contributed by atoms with Gasteiger partial charge in [-0.05, 0) is 25.0 Å². The highest BCUT2D eigenvalue weighted by Crippen LogP contribution is 2.23. The van der Waals surface area contributed by atoms with Gasteiger partial charge in [0.2, 0.25) is 0 Å². The molecule has 1 aliphatic heterocycles. The van der Waals surface area contributed by atoms with Gasteiger partial charge in [0, 0.05) is 13.8 Å². The molecule has 1 aromatic heterocycles. The van der Waals surface area contributed by atoms with E-state index in [0.717, 1.165) is 25.0 Å². The third kappa shape index (κ3) is 5.16. The SMILES string of the molecule is CCCCc1cn([C@@H]2C=C[C@H](OC(C)=O)[C@@H](COC(C)=O)O2)nn1. The maximum Gasteiger partial charge on any atom is 0.303 e. The standard InChI is InChI=1S/C16H23N3O5/c1-4-5-6-13-9-19(18-17-13)16-8-7-14(23-12(3)21)15(24-16)10-22-11(2)20/h7-9,14-16H,4-6,10H2,1-3H3/t14-,15+,16-/m0/s1. The first-order valence-electron chi connectivity index (χ1n) is 8.04. The predicted molar refractivity (Wildman–Crippen MR) is 83.9 cm³/mol. The van der Waals surface area contributed by atoms with E-state index >= 15 is 0 Å². The molecule has 0 N–H and O–H groups in total. The molecule has 0 amide bonds. The Bertz CT molecular complexity index is 598. The van der Waals surface area contributed by atoms with Gasteiger partial charge in [0.25, 0.3) is 0 Å². The summed E-state index contributed by atoms with van der Waals surface area (Å²) in [6, 6.07) is 0. The van der Waals surface area contributed by atoms with Gasteiger partial charge in [0.15, 0.2) is 6.23 Å². The monoisotopic (exact) mass is 337 g/mol. The van der Waals surface area contributed by atoms with Crippen molar-refractivity contribution >= 4 is 11.9 Å². The molecule has 24 heavy (non-hydrogen) atoms. The fourth-order valence-corrected chi connectivity index (χ4v) is 2.33. The van der Waals surface area contributed by atoms with Crippen LogP contribution in [0.3, 0.4) is 0 Å². The molecule has 132 valence electrons. The summed E-state index contributed by atoms with van der Waals surface area (Å²) in [6.07, 6.45) is 6.59. The van der Waals surface area contributed by atoms with E-state index in [2.05, 4.69) is 17.2 Å². The number of hydrogen-bond acceptors (Lipinski definition) is 7. The molecule has 0 aliphatic carbocycles. The second kappa shape index (κ2) is 8.58. The maximum absolute atomic E-state index is 11.2. The van der Waals surface area contributed by atoms with Crippen LogP contribution in [-0.2, 0) is 30.2 Å². The highest BCUT2D eigenvalue weighted by molar-refractivity contribution is 5.66. The Labute approximate surface area is 140 Å². The summed E-state index contributed by atoms with van der Waals surface area (Å²) in [5.74, 6) is -0.851. The predicted octanol–water partition coefficient (Wildman–Crippen LogP) is 1.57. The summed E-state index contributed by atoms with van der Waals surface area (Å²) in [5.41, 5.74) is 0.896. The lowest BCUT2D eigenvalue weighted by atomic mass is 10.1. The molecule has 2 rings (SSSR count). The van der Waals surface area contributed by atoms with Crippen molar-refractivity contribution in [3.63, 3.8) is 0 Å². The number of rotatable bonds is 7. The van der Waals surface area contributed by atoms with Crippen molar-refractivity contribution < 1.29 is 23.8 Å². The Morgan fingerprint density at radius 3 is 2.75 bits per heavy atom. The number of ether oxygens (including phenoxy) is 3. The fraction of sp³-hybridized carbons (Fsp3) is 0.625. The maximum atomic E-state index is 11.2. The molecule has 0 saturated carbocycles. The zero-order chi connectivity index (χ0) is 17.5. The van der Waals surface area contributed by atoms with Crippen LogP contribution in [0.5, 0.6) is 0 Å². The number of nitrogens with zero attached hydrogens (tertiary/aromatic N) is 3. The van der Waals surface area contributed by atoms with Crippen molar-refractivity contribution in [1.82, 2.24) is 15.0 Å². The first kappa shape index (κ1) is 18.1. The summed E-state index contributed by atoms with van der Waals surface area (Å²) >= 11 is 0. The van der Waals surface area contributed by atoms with E-state index in [1.54, 1.807) is 16.8 Å². The van der Waals surface area contributed by atoms with Gasteiger partial charge in [-0.3, -0.25) is 9.59 Å². The van der Waals surface area contributed by atoms with Crippen LogP contribution in [0, 0.1) is 0 Å². The van der Waals surface area contributed by atoms with E-state index in [-0.39, 0.29) is 6.61 Å². The Morgan fingerprint density at radius 1 is 1.29 bits per heavy atom. The van der Waals surface area contributed by atoms with Crippen molar-refractivity contribution in [3.8, 4) is 0 Å². The lowest BCUT2D eigenvalue weighted by Gasteiger charge is -2.31. The van der Waals surface area contributed by atoms with Gasteiger partial charge in [-0.2, -0.15) is 0 Å². The highest BCUT2D eigenvalue weighted by atomic mass is 16.6. The lowest BCUT2D eigenvalue weighted by molar-refractivity contribution is -0.168. The lowest BCUT2D eigenvalue weighted by Crippen LogP contribution is -2.40. The molecule has 0 radical (unpaired) electrons. The Morgan fingerprint density at radius 2 is 2.08 bits per heavy atom. The summed E-state index contributed by atoms with van der Waals surface area (Å²) < 4.78 is 17.7. The fourth-order valence-electron chi connectivity index (χ4n) is 2.33. The number of unbranched alkanes of at least 4 members (excludes halogenated alkanes) is 1. The van der Waals surface area contributed by atoms with E-state index in [9.17, 15) is 9.59 Å². The second-order valence-corrected chi connectivity index (χ2v) is 5.62. The van der Waals surface area contributed by atoms with Crippen LogP contribution in [0.2, 0.25) is 0 Å². The Balaban J connectivity index is 2.07. The molecule has 8 nitrogen and oxygen atoms in total. The number of aromatic nitrogens is 3. The smallest absolute Gasteiger partial charge is 0.303 e. The Kier molecular flexibility index (Phi) is 6.48. The number of aryl methyl sites for hydroxylation is 1. The summed E-state index contributed by atoms with van der Waals surface area (Å²) in [7, 11) is 0. The number of hydrogen-bond donors (Lipinski definition) is 0. The summed E-state index contributed by atoms with van der Waals surface area (Å²) in [4.78, 5) is 22.2. The van der Waals surface area contributed by atoms with Crippen LogP contribution in [0.25, 0.3) is 0 Å². The second-order valence-electron chi connectivity index (χ2n) is 5.62. The molecule has 2 heterocycles. The van der Waals surface area contributed by atoms with Crippen LogP contribution in [0.15, 0.2) is 18.3 Å². The highest BCUT2D eigenvalue weighted by Gasteiger charge is 2.31. The quantitative estimate of drug-likeness (QED) is 0.551. The summed E-state index contributed by atoms with van der Waals surface area (Å²) in [5, 5.41) is 8.21. The van der Waals surface area contributed by atoms with Crippen LogP contribution in [-0.4, -0.2) is 45.7 Å². The molecular formula is C16H23N3O5.